The fourth-order valence-electron chi connectivity index (χ4n) is 3.66. The maximum Gasteiger partial charge on any atom is 0.0661 e. The summed E-state index contributed by atoms with van der Waals surface area (Å²) in [5.41, 5.74) is 0.378. The number of ether oxygens (including phenoxy) is 1. The second kappa shape index (κ2) is 5.68. The van der Waals surface area contributed by atoms with Gasteiger partial charge in [0.25, 0.3) is 0 Å². The molecule has 0 bridgehead atoms. The van der Waals surface area contributed by atoms with Gasteiger partial charge in [-0.3, -0.25) is 0 Å². The van der Waals surface area contributed by atoms with Crippen LogP contribution in [0.25, 0.3) is 0 Å². The summed E-state index contributed by atoms with van der Waals surface area (Å²) in [5.74, 6) is 0. The van der Waals surface area contributed by atoms with Crippen LogP contribution in [0.3, 0.4) is 0 Å². The maximum atomic E-state index is 9.38. The molecule has 3 nitrogen and oxygen atoms in total. The molecular formula is C14H27NO2. The van der Waals surface area contributed by atoms with E-state index >= 15 is 0 Å². The van der Waals surface area contributed by atoms with E-state index in [0.717, 1.165) is 13.0 Å². The lowest BCUT2D eigenvalue weighted by Gasteiger charge is -2.58. The van der Waals surface area contributed by atoms with Crippen molar-refractivity contribution < 1.29 is 9.84 Å². The Morgan fingerprint density at radius 3 is 2.65 bits per heavy atom. The van der Waals surface area contributed by atoms with Crippen molar-refractivity contribution in [2.24, 2.45) is 5.41 Å². The molecule has 17 heavy (non-hydrogen) atoms. The van der Waals surface area contributed by atoms with Crippen molar-refractivity contribution in [1.82, 2.24) is 5.32 Å². The normalized spacial score (nSPS) is 33.4. The first-order valence-corrected chi connectivity index (χ1v) is 7.22. The van der Waals surface area contributed by atoms with Crippen LogP contribution in [0.4, 0.5) is 0 Å². The van der Waals surface area contributed by atoms with Gasteiger partial charge in [-0.2, -0.15) is 0 Å². The van der Waals surface area contributed by atoms with Gasteiger partial charge in [-0.05, 0) is 33.1 Å². The van der Waals surface area contributed by atoms with Gasteiger partial charge in [0.2, 0.25) is 0 Å². The van der Waals surface area contributed by atoms with E-state index in [2.05, 4.69) is 12.2 Å². The smallest absolute Gasteiger partial charge is 0.0661 e. The maximum absolute atomic E-state index is 9.38. The van der Waals surface area contributed by atoms with E-state index in [1.165, 1.54) is 32.1 Å². The molecule has 2 aliphatic carbocycles. The zero-order chi connectivity index (χ0) is 12.3. The molecule has 0 radical (unpaired) electrons. The van der Waals surface area contributed by atoms with Crippen molar-refractivity contribution in [3.8, 4) is 0 Å². The molecule has 0 heterocycles. The molecule has 0 aromatic heterocycles. The average molecular weight is 241 g/mol. The van der Waals surface area contributed by atoms with Crippen LogP contribution in [-0.4, -0.2) is 36.5 Å². The molecule has 2 aliphatic rings. The minimum atomic E-state index is -0.248. The lowest BCUT2D eigenvalue weighted by Crippen LogP contribution is -2.65. The first-order chi connectivity index (χ1) is 8.19. The number of hydrogen-bond acceptors (Lipinski definition) is 3. The van der Waals surface area contributed by atoms with Crippen LogP contribution in [0.1, 0.15) is 52.4 Å². The van der Waals surface area contributed by atoms with Gasteiger partial charge in [-0.25, -0.2) is 0 Å². The monoisotopic (exact) mass is 241 g/mol. The Kier molecular flexibility index (Phi) is 4.45. The third kappa shape index (κ3) is 2.67. The van der Waals surface area contributed by atoms with E-state index in [1.54, 1.807) is 0 Å². The Morgan fingerprint density at radius 1 is 1.35 bits per heavy atom. The molecule has 100 valence electrons. The van der Waals surface area contributed by atoms with Gasteiger partial charge in [0, 0.05) is 24.6 Å². The minimum absolute atomic E-state index is 0.248. The van der Waals surface area contributed by atoms with Crippen molar-refractivity contribution in [2.75, 3.05) is 13.2 Å². The van der Waals surface area contributed by atoms with Crippen LogP contribution >= 0.6 is 0 Å². The highest BCUT2D eigenvalue weighted by atomic mass is 16.5. The van der Waals surface area contributed by atoms with Gasteiger partial charge in [0.15, 0.2) is 0 Å². The highest BCUT2D eigenvalue weighted by molar-refractivity contribution is 5.08. The van der Waals surface area contributed by atoms with Crippen LogP contribution in [0, 0.1) is 5.41 Å². The topological polar surface area (TPSA) is 41.5 Å². The summed E-state index contributed by atoms with van der Waals surface area (Å²) >= 11 is 0. The van der Waals surface area contributed by atoms with Gasteiger partial charge in [0.1, 0.15) is 0 Å². The van der Waals surface area contributed by atoms with E-state index in [4.69, 9.17) is 4.74 Å². The molecule has 0 aliphatic heterocycles. The van der Waals surface area contributed by atoms with Crippen LogP contribution < -0.4 is 5.32 Å². The Labute approximate surface area is 105 Å². The van der Waals surface area contributed by atoms with E-state index in [-0.39, 0.29) is 6.10 Å². The molecule has 2 fully saturated rings. The van der Waals surface area contributed by atoms with Gasteiger partial charge >= 0.3 is 0 Å². The SMILES string of the molecule is CCOC1CC(NCC(C)O)C12CCCCC2. The van der Waals surface area contributed by atoms with Crippen molar-refractivity contribution in [2.45, 2.75) is 70.6 Å². The third-order valence-corrected chi connectivity index (χ3v) is 4.60. The number of hydrogen-bond donors (Lipinski definition) is 2. The quantitative estimate of drug-likeness (QED) is 0.774. The number of rotatable bonds is 5. The molecule has 0 amide bonds. The molecule has 2 N–H and O–H groups in total. The van der Waals surface area contributed by atoms with E-state index in [1.807, 2.05) is 6.92 Å². The van der Waals surface area contributed by atoms with Crippen molar-refractivity contribution in [3.63, 3.8) is 0 Å². The second-order valence-electron chi connectivity index (χ2n) is 5.78. The van der Waals surface area contributed by atoms with Crippen LogP contribution in [0.15, 0.2) is 0 Å². The molecule has 1 spiro atoms. The van der Waals surface area contributed by atoms with E-state index in [9.17, 15) is 5.11 Å². The third-order valence-electron chi connectivity index (χ3n) is 4.60. The zero-order valence-electron chi connectivity index (χ0n) is 11.2. The van der Waals surface area contributed by atoms with E-state index in [0.29, 0.717) is 24.1 Å². The molecule has 0 aromatic rings. The molecule has 3 atom stereocenters. The van der Waals surface area contributed by atoms with Crippen LogP contribution in [0.5, 0.6) is 0 Å². The summed E-state index contributed by atoms with van der Waals surface area (Å²) in [4.78, 5) is 0. The molecule has 2 rings (SSSR count). The largest absolute Gasteiger partial charge is 0.392 e. The molecule has 3 unspecified atom stereocenters. The highest BCUT2D eigenvalue weighted by Gasteiger charge is 2.55. The van der Waals surface area contributed by atoms with Crippen molar-refractivity contribution >= 4 is 0 Å². The standard InChI is InChI=1S/C14H27NO2/c1-3-17-13-9-12(15-10-11(2)16)14(13)7-5-4-6-8-14/h11-13,15-16H,3-10H2,1-2H3. The Morgan fingerprint density at radius 2 is 2.06 bits per heavy atom. The van der Waals surface area contributed by atoms with Crippen LogP contribution in [-0.2, 0) is 4.74 Å². The average Bonchev–Trinajstić information content (AvgIpc) is 2.33. The van der Waals surface area contributed by atoms with Gasteiger partial charge in [-0.1, -0.05) is 19.3 Å². The number of aliphatic hydroxyl groups is 1. The summed E-state index contributed by atoms with van der Waals surface area (Å²) in [5, 5.41) is 12.9. The summed E-state index contributed by atoms with van der Waals surface area (Å²) < 4.78 is 5.91. The lowest BCUT2D eigenvalue weighted by molar-refractivity contribution is -0.150. The first kappa shape index (κ1) is 13.3. The van der Waals surface area contributed by atoms with Crippen molar-refractivity contribution in [1.29, 1.82) is 0 Å². The summed E-state index contributed by atoms with van der Waals surface area (Å²) in [6.45, 7) is 5.48. The molecule has 0 aromatic carbocycles. The molecule has 0 saturated heterocycles. The first-order valence-electron chi connectivity index (χ1n) is 7.22. The predicted octanol–water partition coefficient (Wildman–Crippen LogP) is 2.08. The van der Waals surface area contributed by atoms with Gasteiger partial charge < -0.3 is 15.2 Å². The Balaban J connectivity index is 1.93. The minimum Gasteiger partial charge on any atom is -0.392 e. The fraction of sp³-hybridized carbons (Fsp3) is 1.00. The Bertz CT molecular complexity index is 236. The van der Waals surface area contributed by atoms with Crippen molar-refractivity contribution in [3.05, 3.63) is 0 Å². The zero-order valence-corrected chi connectivity index (χ0v) is 11.2. The number of aliphatic hydroxyl groups excluding tert-OH is 1. The molecular weight excluding hydrogens is 214 g/mol. The predicted molar refractivity (Wildman–Crippen MR) is 69.0 cm³/mol. The summed E-state index contributed by atoms with van der Waals surface area (Å²) in [7, 11) is 0. The molecule has 2 saturated carbocycles. The second-order valence-corrected chi connectivity index (χ2v) is 5.78. The summed E-state index contributed by atoms with van der Waals surface area (Å²) in [6.07, 6.45) is 8.00. The van der Waals surface area contributed by atoms with Gasteiger partial charge in [-0.15, -0.1) is 0 Å². The lowest BCUT2D eigenvalue weighted by atomic mass is 9.55. The van der Waals surface area contributed by atoms with E-state index < -0.39 is 0 Å². The van der Waals surface area contributed by atoms with Gasteiger partial charge in [0.05, 0.1) is 12.2 Å². The highest BCUT2D eigenvalue weighted by Crippen LogP contribution is 2.53. The fourth-order valence-corrected chi connectivity index (χ4v) is 3.66. The van der Waals surface area contributed by atoms with Crippen LogP contribution in [0.2, 0.25) is 0 Å². The Hall–Kier alpha value is -0.120. The number of nitrogens with one attached hydrogen (secondary N) is 1. The summed E-state index contributed by atoms with van der Waals surface area (Å²) in [6, 6.07) is 0.564. The molecule has 3 heteroatoms.